The second kappa shape index (κ2) is 10.5. The number of hydrogen-bond donors (Lipinski definition) is 2. The lowest BCUT2D eigenvalue weighted by Crippen LogP contribution is -2.49. The van der Waals surface area contributed by atoms with Crippen molar-refractivity contribution >= 4 is 11.6 Å². The van der Waals surface area contributed by atoms with E-state index in [1.165, 1.54) is 0 Å². The van der Waals surface area contributed by atoms with E-state index in [9.17, 15) is 15.0 Å². The van der Waals surface area contributed by atoms with Crippen LogP contribution in [0, 0.1) is 6.92 Å². The topological polar surface area (TPSA) is 81.8 Å². The summed E-state index contributed by atoms with van der Waals surface area (Å²) in [5.41, 5.74) is 2.47. The van der Waals surface area contributed by atoms with E-state index in [0.29, 0.717) is 42.5 Å². The molecule has 1 aliphatic heterocycles. The Morgan fingerprint density at radius 2 is 1.88 bits per heavy atom. The third-order valence-electron chi connectivity index (χ3n) is 6.25. The summed E-state index contributed by atoms with van der Waals surface area (Å²) in [5, 5.41) is 20.8. The van der Waals surface area contributed by atoms with Crippen molar-refractivity contribution in [3.05, 3.63) is 92.6 Å². The number of halogens is 1. The minimum atomic E-state index is -0.483. The summed E-state index contributed by atoms with van der Waals surface area (Å²) in [7, 11) is 0. The zero-order chi connectivity index (χ0) is 23.4. The Kier molecular flexibility index (Phi) is 7.45. The van der Waals surface area contributed by atoms with Crippen LogP contribution in [0.2, 0.25) is 5.02 Å². The largest absolute Gasteiger partial charge is 0.507 e. The van der Waals surface area contributed by atoms with Crippen molar-refractivity contribution in [2.45, 2.75) is 19.5 Å². The van der Waals surface area contributed by atoms with Crippen molar-refractivity contribution in [1.29, 1.82) is 0 Å². The molecule has 1 saturated heterocycles. The summed E-state index contributed by atoms with van der Waals surface area (Å²) in [6.45, 7) is 5.82. The number of aliphatic hydroxyl groups is 1. The van der Waals surface area contributed by atoms with Crippen LogP contribution in [-0.2, 0) is 6.54 Å². The fraction of sp³-hybridized carbons (Fsp3) is 0.360. The molecule has 7 nitrogen and oxygen atoms in total. The van der Waals surface area contributed by atoms with Gasteiger partial charge < -0.3 is 14.8 Å². The number of piperazine rings is 1. The molecule has 33 heavy (non-hydrogen) atoms. The molecule has 0 radical (unpaired) electrons. The first-order valence-corrected chi connectivity index (χ1v) is 11.5. The Morgan fingerprint density at radius 1 is 1.12 bits per heavy atom. The predicted molar refractivity (Wildman–Crippen MR) is 129 cm³/mol. The molecule has 4 rings (SSSR count). The van der Waals surface area contributed by atoms with Crippen molar-refractivity contribution in [2.24, 2.45) is 0 Å². The van der Waals surface area contributed by atoms with Gasteiger partial charge in [0.25, 0.3) is 5.56 Å². The van der Waals surface area contributed by atoms with Crippen LogP contribution >= 0.6 is 11.6 Å². The Bertz CT molecular complexity index is 1140. The molecule has 0 spiro atoms. The molecule has 0 unspecified atom stereocenters. The summed E-state index contributed by atoms with van der Waals surface area (Å²) in [6, 6.07) is 12.4. The van der Waals surface area contributed by atoms with Crippen LogP contribution in [0.5, 0.6) is 5.75 Å². The van der Waals surface area contributed by atoms with E-state index in [1.54, 1.807) is 23.0 Å². The smallest absolute Gasteiger partial charge is 0.259 e. The van der Waals surface area contributed by atoms with Gasteiger partial charge in [-0.25, -0.2) is 0 Å². The molecular weight excluding hydrogens is 440 g/mol. The molecule has 0 amide bonds. The SMILES string of the molecule is Cc1cc(O)c([C@H](c2ccccc2Cl)N2CCN(CCO)CC2)c(=O)n1Cc1cccnc1. The minimum Gasteiger partial charge on any atom is -0.507 e. The van der Waals surface area contributed by atoms with Crippen molar-refractivity contribution in [3.63, 3.8) is 0 Å². The third-order valence-corrected chi connectivity index (χ3v) is 6.59. The highest BCUT2D eigenvalue weighted by Crippen LogP contribution is 2.36. The van der Waals surface area contributed by atoms with Gasteiger partial charge in [0.05, 0.1) is 24.8 Å². The monoisotopic (exact) mass is 468 g/mol. The van der Waals surface area contributed by atoms with Crippen LogP contribution in [0.1, 0.15) is 28.4 Å². The van der Waals surface area contributed by atoms with E-state index >= 15 is 0 Å². The highest BCUT2D eigenvalue weighted by molar-refractivity contribution is 6.31. The van der Waals surface area contributed by atoms with Crippen LogP contribution in [0.4, 0.5) is 0 Å². The number of aliphatic hydroxyl groups excluding tert-OH is 1. The van der Waals surface area contributed by atoms with Gasteiger partial charge in [-0.15, -0.1) is 0 Å². The van der Waals surface area contributed by atoms with Gasteiger partial charge in [-0.3, -0.25) is 19.6 Å². The molecule has 1 fully saturated rings. The fourth-order valence-electron chi connectivity index (χ4n) is 4.51. The minimum absolute atomic E-state index is 0.0253. The lowest BCUT2D eigenvalue weighted by Gasteiger charge is -2.39. The number of hydrogen-bond acceptors (Lipinski definition) is 6. The van der Waals surface area contributed by atoms with Gasteiger partial charge in [0.15, 0.2) is 0 Å². The molecular formula is C25H29ClN4O3. The average Bonchev–Trinajstić information content (AvgIpc) is 2.82. The summed E-state index contributed by atoms with van der Waals surface area (Å²) in [5.74, 6) is -0.0253. The number of β-amino-alcohol motifs (C(OH)–C–C–N with tert-alkyl or cyclic N) is 1. The first-order valence-electron chi connectivity index (χ1n) is 11.1. The highest BCUT2D eigenvalue weighted by atomic mass is 35.5. The third kappa shape index (κ3) is 5.12. The number of benzene rings is 1. The molecule has 0 bridgehead atoms. The highest BCUT2D eigenvalue weighted by Gasteiger charge is 2.32. The lowest BCUT2D eigenvalue weighted by atomic mass is 9.95. The molecule has 2 aromatic heterocycles. The van der Waals surface area contributed by atoms with E-state index in [4.69, 9.17) is 11.6 Å². The van der Waals surface area contributed by atoms with Crippen LogP contribution < -0.4 is 5.56 Å². The lowest BCUT2D eigenvalue weighted by molar-refractivity contribution is 0.0932. The van der Waals surface area contributed by atoms with E-state index in [-0.39, 0.29) is 17.9 Å². The molecule has 1 atom stereocenters. The average molecular weight is 469 g/mol. The molecule has 1 aromatic carbocycles. The van der Waals surface area contributed by atoms with Gasteiger partial charge in [-0.1, -0.05) is 35.9 Å². The van der Waals surface area contributed by atoms with Crippen LogP contribution in [0.25, 0.3) is 0 Å². The number of pyridine rings is 2. The Balaban J connectivity index is 1.79. The maximum atomic E-state index is 13.8. The standard InChI is InChI=1S/C25H29ClN4O3/c1-18-15-22(32)23(25(33)30(18)17-19-5-4-8-27-16-19)24(20-6-2-3-7-21(20)26)29-11-9-28(10-12-29)13-14-31/h2-8,15-16,24,31-32H,9-14,17H2,1H3/t24-/m0/s1. The number of nitrogens with zero attached hydrogens (tertiary/aromatic N) is 4. The molecule has 0 aliphatic carbocycles. The molecule has 1 aliphatic rings. The van der Waals surface area contributed by atoms with Crippen LogP contribution in [0.3, 0.4) is 0 Å². The predicted octanol–water partition coefficient (Wildman–Crippen LogP) is 2.66. The fourth-order valence-corrected chi connectivity index (χ4v) is 4.75. The first-order chi connectivity index (χ1) is 16.0. The summed E-state index contributed by atoms with van der Waals surface area (Å²) >= 11 is 6.60. The molecule has 2 N–H and O–H groups in total. The van der Waals surface area contributed by atoms with Crippen LogP contribution in [0.15, 0.2) is 59.7 Å². The van der Waals surface area contributed by atoms with Gasteiger partial charge in [-0.2, -0.15) is 0 Å². The van der Waals surface area contributed by atoms with Gasteiger partial charge in [0.2, 0.25) is 0 Å². The van der Waals surface area contributed by atoms with Crippen molar-refractivity contribution in [3.8, 4) is 5.75 Å². The second-order valence-corrected chi connectivity index (χ2v) is 8.77. The molecule has 174 valence electrons. The first kappa shape index (κ1) is 23.4. The van der Waals surface area contributed by atoms with Gasteiger partial charge in [0, 0.05) is 55.8 Å². The molecule has 3 aromatic rings. The van der Waals surface area contributed by atoms with Gasteiger partial charge in [-0.05, 0) is 36.2 Å². The second-order valence-electron chi connectivity index (χ2n) is 8.36. The maximum absolute atomic E-state index is 13.8. The zero-order valence-corrected chi connectivity index (χ0v) is 19.4. The Labute approximate surface area is 198 Å². The molecule has 0 saturated carbocycles. The normalized spacial score (nSPS) is 16.1. The maximum Gasteiger partial charge on any atom is 0.259 e. The zero-order valence-electron chi connectivity index (χ0n) is 18.7. The Morgan fingerprint density at radius 3 is 2.55 bits per heavy atom. The van der Waals surface area contributed by atoms with E-state index in [2.05, 4.69) is 14.8 Å². The quantitative estimate of drug-likeness (QED) is 0.555. The van der Waals surface area contributed by atoms with E-state index < -0.39 is 6.04 Å². The summed E-state index contributed by atoms with van der Waals surface area (Å²) in [6.07, 6.45) is 3.44. The van der Waals surface area contributed by atoms with E-state index in [1.807, 2.05) is 43.3 Å². The Hall–Kier alpha value is -2.71. The number of aromatic hydroxyl groups is 1. The van der Waals surface area contributed by atoms with Crippen LogP contribution in [-0.4, -0.2) is 68.9 Å². The van der Waals surface area contributed by atoms with Gasteiger partial charge in [0.1, 0.15) is 5.75 Å². The number of aryl methyl sites for hydroxylation is 1. The molecule has 3 heterocycles. The van der Waals surface area contributed by atoms with Crippen molar-refractivity contribution in [1.82, 2.24) is 19.4 Å². The van der Waals surface area contributed by atoms with Gasteiger partial charge >= 0.3 is 0 Å². The van der Waals surface area contributed by atoms with E-state index in [0.717, 1.165) is 24.2 Å². The molecule has 8 heteroatoms. The number of aromatic nitrogens is 2. The summed E-state index contributed by atoms with van der Waals surface area (Å²) in [4.78, 5) is 22.4. The van der Waals surface area contributed by atoms with Crippen molar-refractivity contribution in [2.75, 3.05) is 39.3 Å². The summed E-state index contributed by atoms with van der Waals surface area (Å²) < 4.78 is 1.68. The number of rotatable bonds is 7. The van der Waals surface area contributed by atoms with Crippen molar-refractivity contribution < 1.29 is 10.2 Å².